The zero-order valence-electron chi connectivity index (χ0n) is 13.3. The molecule has 0 amide bonds. The van der Waals surface area contributed by atoms with E-state index in [1.165, 1.54) is 10.9 Å². The summed E-state index contributed by atoms with van der Waals surface area (Å²) in [6.45, 7) is 5.30. The molecule has 3 N–H and O–H groups in total. The van der Waals surface area contributed by atoms with E-state index in [1.807, 2.05) is 0 Å². The van der Waals surface area contributed by atoms with E-state index in [0.29, 0.717) is 0 Å². The van der Waals surface area contributed by atoms with Crippen LogP contribution in [0.5, 0.6) is 0 Å². The Bertz CT molecular complexity index is 601. The number of esters is 1. The summed E-state index contributed by atoms with van der Waals surface area (Å²) in [6.07, 6.45) is -0.673. The Labute approximate surface area is 133 Å². The molecule has 0 aromatic carbocycles. The summed E-state index contributed by atoms with van der Waals surface area (Å²) in [5, 5.41) is 9.49. The Kier molecular flexibility index (Phi) is 4.05. The minimum atomic E-state index is -0.788. The quantitative estimate of drug-likeness (QED) is 0.745. The van der Waals surface area contributed by atoms with Gasteiger partial charge in [0.2, 0.25) is 0 Å². The summed E-state index contributed by atoms with van der Waals surface area (Å²) < 4.78 is 23.9. The van der Waals surface area contributed by atoms with Crippen LogP contribution >= 0.6 is 0 Å². The van der Waals surface area contributed by atoms with Gasteiger partial charge in [-0.05, 0) is 20.8 Å². The number of carbonyl (C=O) groups is 1. The van der Waals surface area contributed by atoms with Crippen LogP contribution in [0.4, 0.5) is 5.82 Å². The molecule has 0 spiro atoms. The van der Waals surface area contributed by atoms with E-state index in [9.17, 15) is 9.90 Å². The SMILES string of the molecule is CCOC(=O)c1ncn(C2O[C@H](CO)[C@H]3OC(C)(C)O[C@@H]23)c1N. The molecule has 128 valence electrons. The molecule has 0 bridgehead atoms. The van der Waals surface area contributed by atoms with Crippen molar-refractivity contribution in [3.63, 3.8) is 0 Å². The van der Waals surface area contributed by atoms with Gasteiger partial charge in [-0.25, -0.2) is 9.78 Å². The fraction of sp³-hybridized carbons (Fsp3) is 0.714. The van der Waals surface area contributed by atoms with Crippen LogP contribution in [-0.2, 0) is 18.9 Å². The lowest BCUT2D eigenvalue weighted by Crippen LogP contribution is -2.31. The number of aliphatic hydroxyl groups excluding tert-OH is 1. The average molecular weight is 327 g/mol. The molecule has 0 radical (unpaired) electrons. The number of rotatable bonds is 4. The van der Waals surface area contributed by atoms with Gasteiger partial charge in [-0.3, -0.25) is 4.57 Å². The van der Waals surface area contributed by atoms with Crippen LogP contribution in [0.1, 0.15) is 37.5 Å². The van der Waals surface area contributed by atoms with Gasteiger partial charge in [-0.15, -0.1) is 0 Å². The van der Waals surface area contributed by atoms with Gasteiger partial charge in [-0.2, -0.15) is 0 Å². The molecule has 1 aromatic rings. The van der Waals surface area contributed by atoms with Gasteiger partial charge in [0.05, 0.1) is 19.5 Å². The molecule has 3 rings (SSSR count). The van der Waals surface area contributed by atoms with E-state index in [0.717, 1.165) is 0 Å². The number of nitrogens with zero attached hydrogens (tertiary/aromatic N) is 2. The number of ether oxygens (including phenoxy) is 4. The molecule has 9 heteroatoms. The number of nitrogen functional groups attached to an aromatic ring is 1. The number of nitrogens with two attached hydrogens (primary N) is 1. The zero-order chi connectivity index (χ0) is 16.8. The smallest absolute Gasteiger partial charge is 0.360 e. The van der Waals surface area contributed by atoms with Crippen LogP contribution in [0.25, 0.3) is 0 Å². The first-order valence-electron chi connectivity index (χ1n) is 7.49. The second-order valence-corrected chi connectivity index (χ2v) is 5.92. The van der Waals surface area contributed by atoms with Crippen molar-refractivity contribution in [3.05, 3.63) is 12.0 Å². The number of imidazole rings is 1. The van der Waals surface area contributed by atoms with Crippen LogP contribution in [0, 0.1) is 0 Å². The lowest BCUT2D eigenvalue weighted by atomic mass is 10.1. The molecular weight excluding hydrogens is 306 g/mol. The highest BCUT2D eigenvalue weighted by atomic mass is 16.8. The molecular formula is C14H21N3O6. The largest absolute Gasteiger partial charge is 0.461 e. The maximum absolute atomic E-state index is 11.8. The molecule has 2 saturated heterocycles. The second kappa shape index (κ2) is 5.75. The Morgan fingerprint density at radius 2 is 2.17 bits per heavy atom. The summed E-state index contributed by atoms with van der Waals surface area (Å²) in [5.41, 5.74) is 6.04. The first-order valence-corrected chi connectivity index (χ1v) is 7.49. The number of aliphatic hydroxyl groups is 1. The third-order valence-corrected chi connectivity index (χ3v) is 3.88. The Hall–Kier alpha value is -1.68. The zero-order valence-corrected chi connectivity index (χ0v) is 13.3. The van der Waals surface area contributed by atoms with Crippen LogP contribution in [-0.4, -0.2) is 57.9 Å². The van der Waals surface area contributed by atoms with Crippen molar-refractivity contribution in [3.8, 4) is 0 Å². The monoisotopic (exact) mass is 327 g/mol. The maximum Gasteiger partial charge on any atom is 0.360 e. The minimum absolute atomic E-state index is 0.0256. The van der Waals surface area contributed by atoms with Crippen molar-refractivity contribution < 1.29 is 28.8 Å². The van der Waals surface area contributed by atoms with Crippen molar-refractivity contribution in [2.24, 2.45) is 0 Å². The molecule has 23 heavy (non-hydrogen) atoms. The Balaban J connectivity index is 1.89. The van der Waals surface area contributed by atoms with Crippen LogP contribution in [0.15, 0.2) is 6.33 Å². The van der Waals surface area contributed by atoms with E-state index in [4.69, 9.17) is 24.7 Å². The van der Waals surface area contributed by atoms with Crippen molar-refractivity contribution in [2.75, 3.05) is 18.9 Å². The highest BCUT2D eigenvalue weighted by molar-refractivity contribution is 5.92. The summed E-state index contributed by atoms with van der Waals surface area (Å²) >= 11 is 0. The van der Waals surface area contributed by atoms with Gasteiger partial charge in [0.25, 0.3) is 0 Å². The summed E-state index contributed by atoms with van der Waals surface area (Å²) in [7, 11) is 0. The van der Waals surface area contributed by atoms with Crippen molar-refractivity contribution in [1.29, 1.82) is 0 Å². The Morgan fingerprint density at radius 3 is 2.83 bits per heavy atom. The van der Waals surface area contributed by atoms with Gasteiger partial charge >= 0.3 is 5.97 Å². The fourth-order valence-electron chi connectivity index (χ4n) is 2.96. The van der Waals surface area contributed by atoms with E-state index in [-0.39, 0.29) is 24.7 Å². The number of anilines is 1. The molecule has 0 saturated carbocycles. The van der Waals surface area contributed by atoms with Crippen molar-refractivity contribution in [1.82, 2.24) is 9.55 Å². The molecule has 3 heterocycles. The van der Waals surface area contributed by atoms with Crippen molar-refractivity contribution in [2.45, 2.75) is 51.1 Å². The molecule has 0 aliphatic carbocycles. The van der Waals surface area contributed by atoms with Gasteiger partial charge in [-0.1, -0.05) is 0 Å². The molecule has 1 aromatic heterocycles. The van der Waals surface area contributed by atoms with Crippen LogP contribution < -0.4 is 5.73 Å². The number of hydrogen-bond acceptors (Lipinski definition) is 8. The van der Waals surface area contributed by atoms with Crippen LogP contribution in [0.3, 0.4) is 0 Å². The first-order chi connectivity index (χ1) is 10.9. The molecule has 2 aliphatic heterocycles. The van der Waals surface area contributed by atoms with E-state index in [1.54, 1.807) is 20.8 Å². The predicted octanol–water partition coefficient (Wildman–Crippen LogP) is 0.0518. The third-order valence-electron chi connectivity index (χ3n) is 3.88. The highest BCUT2D eigenvalue weighted by Crippen LogP contribution is 2.43. The van der Waals surface area contributed by atoms with Gasteiger partial charge in [0, 0.05) is 0 Å². The van der Waals surface area contributed by atoms with Crippen LogP contribution in [0.2, 0.25) is 0 Å². The molecule has 2 fully saturated rings. The lowest BCUT2D eigenvalue weighted by Gasteiger charge is -2.24. The third kappa shape index (κ3) is 2.69. The molecule has 2 aliphatic rings. The van der Waals surface area contributed by atoms with Gasteiger partial charge in [0.15, 0.2) is 17.7 Å². The number of fused-ring (bicyclic) bond motifs is 1. The normalized spacial score (nSPS) is 32.0. The van der Waals surface area contributed by atoms with Gasteiger partial charge in [0.1, 0.15) is 24.1 Å². The summed E-state index contributed by atoms with van der Waals surface area (Å²) in [5.74, 6) is -1.26. The predicted molar refractivity (Wildman–Crippen MR) is 77.4 cm³/mol. The fourth-order valence-corrected chi connectivity index (χ4v) is 2.96. The van der Waals surface area contributed by atoms with E-state index < -0.39 is 36.3 Å². The Morgan fingerprint density at radius 1 is 1.48 bits per heavy atom. The van der Waals surface area contributed by atoms with E-state index in [2.05, 4.69) is 4.98 Å². The number of carbonyl (C=O) groups excluding carboxylic acids is 1. The summed E-state index contributed by atoms with van der Waals surface area (Å²) in [4.78, 5) is 15.8. The average Bonchev–Trinajstić information content (AvgIpc) is 3.10. The van der Waals surface area contributed by atoms with Gasteiger partial charge < -0.3 is 29.8 Å². The maximum atomic E-state index is 11.8. The summed E-state index contributed by atoms with van der Waals surface area (Å²) in [6, 6.07) is 0. The molecule has 4 atom stereocenters. The molecule has 1 unspecified atom stereocenters. The second-order valence-electron chi connectivity index (χ2n) is 5.92. The minimum Gasteiger partial charge on any atom is -0.461 e. The first kappa shape index (κ1) is 16.2. The number of aromatic nitrogens is 2. The lowest BCUT2D eigenvalue weighted by molar-refractivity contribution is -0.199. The van der Waals surface area contributed by atoms with E-state index >= 15 is 0 Å². The topological polar surface area (TPSA) is 118 Å². The standard InChI is InChI=1S/C14H21N3O6/c1-4-20-13(19)8-11(15)17(6-16-8)12-10-9(7(5-18)21-12)22-14(2,3)23-10/h6-7,9-10,12,18H,4-5,15H2,1-3H3/t7-,9-,10-,12?/m1/s1. The van der Waals surface area contributed by atoms with Crippen molar-refractivity contribution >= 4 is 11.8 Å². The highest BCUT2D eigenvalue weighted by Gasteiger charge is 2.56. The molecule has 9 nitrogen and oxygen atoms in total. The number of hydrogen-bond donors (Lipinski definition) is 2.